The molecule has 4 aromatic carbocycles. The van der Waals surface area contributed by atoms with Gasteiger partial charge in [0, 0.05) is 28.5 Å². The van der Waals surface area contributed by atoms with Crippen LogP contribution in [-0.4, -0.2) is 22.5 Å². The Morgan fingerprint density at radius 3 is 1.42 bits per heavy atom. The Hall–Kier alpha value is -4.15. The van der Waals surface area contributed by atoms with Crippen molar-refractivity contribution in [3.8, 4) is 0 Å². The predicted molar refractivity (Wildman–Crippen MR) is 138 cm³/mol. The maximum atomic E-state index is 14.1. The van der Waals surface area contributed by atoms with Gasteiger partial charge < -0.3 is 5.11 Å². The quantitative estimate of drug-likeness (QED) is 0.345. The van der Waals surface area contributed by atoms with Crippen molar-refractivity contribution in [2.24, 2.45) is 17.8 Å². The van der Waals surface area contributed by atoms with E-state index < -0.39 is 23.4 Å². The second-order valence-electron chi connectivity index (χ2n) is 9.30. The smallest absolute Gasteiger partial charge is 0.169 e. The second kappa shape index (κ2) is 9.84. The zero-order valence-corrected chi connectivity index (χ0v) is 19.7. The fourth-order valence-electron chi connectivity index (χ4n) is 5.51. The van der Waals surface area contributed by atoms with E-state index in [-0.39, 0.29) is 23.8 Å². The molecule has 0 unspecified atom stereocenters. The monoisotopic (exact) mass is 474 g/mol. The van der Waals surface area contributed by atoms with E-state index in [2.05, 4.69) is 0 Å². The minimum atomic E-state index is -1.70. The van der Waals surface area contributed by atoms with Crippen LogP contribution >= 0.6 is 0 Å². The van der Waals surface area contributed by atoms with Crippen LogP contribution in [0, 0.1) is 17.8 Å². The van der Waals surface area contributed by atoms with E-state index in [9.17, 15) is 19.5 Å². The van der Waals surface area contributed by atoms with Crippen LogP contribution in [0.1, 0.15) is 43.1 Å². The highest BCUT2D eigenvalue weighted by atomic mass is 16.3. The molecule has 0 aromatic heterocycles. The van der Waals surface area contributed by atoms with Crippen LogP contribution in [0.5, 0.6) is 0 Å². The first-order valence-corrected chi connectivity index (χ1v) is 12.1. The Bertz CT molecular complexity index is 1370. The van der Waals surface area contributed by atoms with Gasteiger partial charge in [0.05, 0.1) is 5.92 Å². The van der Waals surface area contributed by atoms with Gasteiger partial charge in [-0.3, -0.25) is 14.4 Å². The van der Waals surface area contributed by atoms with E-state index in [0.29, 0.717) is 22.3 Å². The third-order valence-corrected chi connectivity index (χ3v) is 7.21. The summed E-state index contributed by atoms with van der Waals surface area (Å²) in [6, 6.07) is 35.1. The summed E-state index contributed by atoms with van der Waals surface area (Å²) in [6.07, 6.45) is -0.0305. The van der Waals surface area contributed by atoms with Crippen LogP contribution in [0.25, 0.3) is 0 Å². The number of hydrogen-bond donors (Lipinski definition) is 1. The van der Waals surface area contributed by atoms with E-state index >= 15 is 0 Å². The molecule has 36 heavy (non-hydrogen) atoms. The second-order valence-corrected chi connectivity index (χ2v) is 9.30. The number of benzene rings is 4. The summed E-state index contributed by atoms with van der Waals surface area (Å²) >= 11 is 0. The molecule has 0 bridgehead atoms. The number of hydrogen-bond acceptors (Lipinski definition) is 4. The maximum absolute atomic E-state index is 14.1. The summed E-state index contributed by atoms with van der Waals surface area (Å²) in [4.78, 5) is 41.9. The van der Waals surface area contributed by atoms with E-state index in [0.717, 1.165) is 0 Å². The molecule has 0 spiro atoms. The van der Waals surface area contributed by atoms with E-state index in [4.69, 9.17) is 0 Å². The molecule has 4 atom stereocenters. The van der Waals surface area contributed by atoms with Crippen molar-refractivity contribution in [1.82, 2.24) is 0 Å². The lowest BCUT2D eigenvalue weighted by Gasteiger charge is -2.32. The first-order chi connectivity index (χ1) is 17.5. The van der Waals surface area contributed by atoms with Gasteiger partial charge in [0.2, 0.25) is 0 Å². The van der Waals surface area contributed by atoms with Gasteiger partial charge in [0.1, 0.15) is 5.60 Å². The van der Waals surface area contributed by atoms with Gasteiger partial charge in [-0.25, -0.2) is 0 Å². The maximum Gasteiger partial charge on any atom is 0.169 e. The van der Waals surface area contributed by atoms with Crippen molar-refractivity contribution >= 4 is 17.3 Å². The van der Waals surface area contributed by atoms with Gasteiger partial charge in [-0.05, 0) is 12.0 Å². The van der Waals surface area contributed by atoms with Crippen LogP contribution in [-0.2, 0) is 5.60 Å². The number of aliphatic hydroxyl groups is 1. The molecule has 1 aliphatic rings. The van der Waals surface area contributed by atoms with Crippen LogP contribution in [0.15, 0.2) is 121 Å². The molecule has 0 amide bonds. The molecular formula is C32H26O4. The summed E-state index contributed by atoms with van der Waals surface area (Å²) in [5.74, 6) is -3.94. The number of Topliss-reactive ketones (excluding diaryl/α,β-unsaturated/α-hetero) is 3. The molecule has 5 rings (SSSR count). The Morgan fingerprint density at radius 1 is 0.556 bits per heavy atom. The molecule has 0 radical (unpaired) electrons. The Labute approximate surface area is 210 Å². The number of carbonyl (C=O) groups excluding carboxylic acids is 3. The van der Waals surface area contributed by atoms with Crippen molar-refractivity contribution in [1.29, 1.82) is 0 Å². The zero-order chi connectivity index (χ0) is 25.1. The van der Waals surface area contributed by atoms with Gasteiger partial charge in [-0.1, -0.05) is 121 Å². The molecule has 1 aliphatic carbocycles. The van der Waals surface area contributed by atoms with Crippen LogP contribution in [0.4, 0.5) is 0 Å². The summed E-state index contributed by atoms with van der Waals surface area (Å²) in [6.45, 7) is 0. The predicted octanol–water partition coefficient (Wildman–Crippen LogP) is 5.78. The van der Waals surface area contributed by atoms with Crippen LogP contribution in [0.2, 0.25) is 0 Å². The lowest BCUT2D eigenvalue weighted by atomic mass is 9.73. The minimum Gasteiger partial charge on any atom is -0.384 e. The van der Waals surface area contributed by atoms with E-state index in [1.165, 1.54) is 0 Å². The molecule has 178 valence electrons. The Kier molecular flexibility index (Phi) is 6.45. The molecule has 1 N–H and O–H groups in total. The van der Waals surface area contributed by atoms with Crippen molar-refractivity contribution < 1.29 is 19.5 Å². The summed E-state index contributed by atoms with van der Waals surface area (Å²) < 4.78 is 0. The van der Waals surface area contributed by atoms with Gasteiger partial charge in [0.15, 0.2) is 17.3 Å². The molecule has 0 aliphatic heterocycles. The topological polar surface area (TPSA) is 71.4 Å². The normalized spacial score (nSPS) is 23.2. The molecular weight excluding hydrogens is 448 g/mol. The fourth-order valence-corrected chi connectivity index (χ4v) is 5.51. The summed E-state index contributed by atoms with van der Waals surface area (Å²) in [7, 11) is 0. The highest BCUT2D eigenvalue weighted by Gasteiger charge is 2.60. The largest absolute Gasteiger partial charge is 0.384 e. The number of rotatable bonds is 7. The molecule has 0 saturated heterocycles. The van der Waals surface area contributed by atoms with E-state index in [1.54, 1.807) is 97.1 Å². The standard InChI is InChI=1S/C32H26O4/c33-29(22-13-5-1-6-14-22)26-21-32(36,25-19-11-4-12-20-25)28(31(35)24-17-9-3-10-18-24)27(26)30(34)23-15-7-2-8-16-23/h1-20,26-28,36H,21H2/t26-,27+,28+,32-/m1/s1. The molecule has 1 fully saturated rings. The fraction of sp³-hybridized carbons (Fsp3) is 0.156. The average molecular weight is 475 g/mol. The molecule has 4 aromatic rings. The summed E-state index contributed by atoms with van der Waals surface area (Å²) in [5.41, 5.74) is 0.0930. The van der Waals surface area contributed by atoms with E-state index in [1.807, 2.05) is 24.3 Å². The zero-order valence-electron chi connectivity index (χ0n) is 19.7. The van der Waals surface area contributed by atoms with Crippen LogP contribution in [0.3, 0.4) is 0 Å². The van der Waals surface area contributed by atoms with Crippen molar-refractivity contribution in [3.05, 3.63) is 144 Å². The number of carbonyl (C=O) groups is 3. The van der Waals surface area contributed by atoms with Crippen molar-refractivity contribution in [2.75, 3.05) is 0 Å². The molecule has 0 heterocycles. The van der Waals surface area contributed by atoms with Crippen molar-refractivity contribution in [3.63, 3.8) is 0 Å². The molecule has 1 saturated carbocycles. The van der Waals surface area contributed by atoms with Gasteiger partial charge >= 0.3 is 0 Å². The van der Waals surface area contributed by atoms with Gasteiger partial charge in [-0.2, -0.15) is 0 Å². The van der Waals surface area contributed by atoms with Crippen molar-refractivity contribution in [2.45, 2.75) is 12.0 Å². The third kappa shape index (κ3) is 4.21. The third-order valence-electron chi connectivity index (χ3n) is 7.21. The Morgan fingerprint density at radius 2 is 0.944 bits per heavy atom. The van der Waals surface area contributed by atoms with Gasteiger partial charge in [0.25, 0.3) is 0 Å². The SMILES string of the molecule is O=C(c1ccccc1)[C@@H]1[C@@H](C(=O)c2ccccc2)[C@](O)(c2ccccc2)C[C@H]1C(=O)c1ccccc1. The lowest BCUT2D eigenvalue weighted by Crippen LogP contribution is -2.41. The minimum absolute atomic E-state index is 0.0305. The first kappa shape index (κ1) is 23.6. The Balaban J connectivity index is 1.70. The molecule has 4 nitrogen and oxygen atoms in total. The van der Waals surface area contributed by atoms with Gasteiger partial charge in [-0.15, -0.1) is 0 Å². The highest BCUT2D eigenvalue weighted by Crippen LogP contribution is 2.53. The summed E-state index contributed by atoms with van der Waals surface area (Å²) in [5, 5.41) is 12.3. The first-order valence-electron chi connectivity index (χ1n) is 12.1. The average Bonchev–Trinajstić information content (AvgIpc) is 3.27. The highest BCUT2D eigenvalue weighted by molar-refractivity contribution is 6.10. The molecule has 4 heteroatoms. The van der Waals surface area contributed by atoms with Crippen LogP contribution < -0.4 is 0 Å². The lowest BCUT2D eigenvalue weighted by molar-refractivity contribution is -0.00457. The number of ketones is 3.